The molecule has 2 N–H and O–H groups in total. The van der Waals surface area contributed by atoms with Crippen molar-refractivity contribution in [1.29, 1.82) is 0 Å². The number of amides is 1. The highest BCUT2D eigenvalue weighted by Crippen LogP contribution is 2.18. The van der Waals surface area contributed by atoms with Gasteiger partial charge in [0.25, 0.3) is 5.91 Å². The van der Waals surface area contributed by atoms with Crippen LogP contribution >= 0.6 is 11.6 Å². The van der Waals surface area contributed by atoms with E-state index in [0.717, 1.165) is 26.2 Å². The van der Waals surface area contributed by atoms with Crippen molar-refractivity contribution in [3.63, 3.8) is 0 Å². The molecule has 0 aromatic carbocycles. The molecule has 116 valence electrons. The number of anilines is 1. The SMILES string of the molecule is CCNc1cc(C(=O)NC(C)CN2CCCC2)c(Cl)cn1. The minimum atomic E-state index is -0.145. The average molecular weight is 311 g/mol. The van der Waals surface area contributed by atoms with Gasteiger partial charge in [0.1, 0.15) is 5.82 Å². The van der Waals surface area contributed by atoms with Crippen molar-refractivity contribution in [1.82, 2.24) is 15.2 Å². The van der Waals surface area contributed by atoms with E-state index in [1.165, 1.54) is 19.0 Å². The van der Waals surface area contributed by atoms with Crippen molar-refractivity contribution in [2.45, 2.75) is 32.7 Å². The first kappa shape index (κ1) is 16.0. The molecule has 21 heavy (non-hydrogen) atoms. The van der Waals surface area contributed by atoms with Crippen LogP contribution in [0.5, 0.6) is 0 Å². The molecule has 1 fully saturated rings. The molecular formula is C15H23ClN4O. The summed E-state index contributed by atoms with van der Waals surface area (Å²) in [4.78, 5) is 18.9. The summed E-state index contributed by atoms with van der Waals surface area (Å²) in [7, 11) is 0. The lowest BCUT2D eigenvalue weighted by molar-refractivity contribution is 0.0932. The van der Waals surface area contributed by atoms with E-state index >= 15 is 0 Å². The van der Waals surface area contributed by atoms with Crippen LogP contribution in [0.1, 0.15) is 37.0 Å². The molecule has 1 aliphatic rings. The third-order valence-electron chi connectivity index (χ3n) is 3.57. The van der Waals surface area contributed by atoms with E-state index in [2.05, 4.69) is 20.5 Å². The standard InChI is InChI=1S/C15H23ClN4O/c1-3-17-14-8-12(13(16)9-18-14)15(21)19-11(2)10-20-6-4-5-7-20/h8-9,11H,3-7,10H2,1-2H3,(H,17,18)(H,19,21). The van der Waals surface area contributed by atoms with Crippen molar-refractivity contribution >= 4 is 23.3 Å². The fourth-order valence-corrected chi connectivity index (χ4v) is 2.78. The zero-order valence-electron chi connectivity index (χ0n) is 12.7. The molecule has 0 bridgehead atoms. The van der Waals surface area contributed by atoms with E-state index in [-0.39, 0.29) is 11.9 Å². The minimum absolute atomic E-state index is 0.0995. The predicted octanol–water partition coefficient (Wildman–Crippen LogP) is 2.38. The Labute approximate surface area is 131 Å². The molecule has 2 heterocycles. The number of halogens is 1. The van der Waals surface area contributed by atoms with Crippen LogP contribution in [0, 0.1) is 0 Å². The zero-order chi connectivity index (χ0) is 15.2. The first-order valence-electron chi connectivity index (χ1n) is 7.52. The van der Waals surface area contributed by atoms with Gasteiger partial charge in [0, 0.05) is 25.3 Å². The molecule has 0 aliphatic carbocycles. The minimum Gasteiger partial charge on any atom is -0.370 e. The van der Waals surface area contributed by atoms with Gasteiger partial charge in [-0.25, -0.2) is 4.98 Å². The second-order valence-electron chi connectivity index (χ2n) is 5.46. The molecule has 0 radical (unpaired) electrons. The Hall–Kier alpha value is -1.33. The van der Waals surface area contributed by atoms with E-state index in [4.69, 9.17) is 11.6 Å². The lowest BCUT2D eigenvalue weighted by Crippen LogP contribution is -2.41. The van der Waals surface area contributed by atoms with Crippen LogP contribution in [0.2, 0.25) is 5.02 Å². The molecule has 1 aromatic rings. The third-order valence-corrected chi connectivity index (χ3v) is 3.87. The normalized spacial score (nSPS) is 16.7. The Bertz CT molecular complexity index is 489. The Balaban J connectivity index is 1.96. The van der Waals surface area contributed by atoms with Gasteiger partial charge in [0.15, 0.2) is 0 Å². The summed E-state index contributed by atoms with van der Waals surface area (Å²) in [6.07, 6.45) is 4.02. The summed E-state index contributed by atoms with van der Waals surface area (Å²) < 4.78 is 0. The molecule has 0 spiro atoms. The maximum Gasteiger partial charge on any atom is 0.253 e. The molecule has 1 atom stereocenters. The van der Waals surface area contributed by atoms with E-state index in [1.807, 2.05) is 13.8 Å². The number of hydrogen-bond donors (Lipinski definition) is 2. The van der Waals surface area contributed by atoms with Gasteiger partial charge < -0.3 is 15.5 Å². The van der Waals surface area contributed by atoms with E-state index < -0.39 is 0 Å². The zero-order valence-corrected chi connectivity index (χ0v) is 13.4. The second-order valence-corrected chi connectivity index (χ2v) is 5.87. The number of likely N-dealkylation sites (tertiary alicyclic amines) is 1. The summed E-state index contributed by atoms with van der Waals surface area (Å²) in [5.41, 5.74) is 0.468. The van der Waals surface area contributed by atoms with Crippen LogP contribution in [0.4, 0.5) is 5.82 Å². The summed E-state index contributed by atoms with van der Waals surface area (Å²) in [6, 6.07) is 1.80. The molecule has 1 aliphatic heterocycles. The summed E-state index contributed by atoms with van der Waals surface area (Å²) in [5.74, 6) is 0.521. The fraction of sp³-hybridized carbons (Fsp3) is 0.600. The Morgan fingerprint density at radius 1 is 1.48 bits per heavy atom. The van der Waals surface area contributed by atoms with E-state index in [0.29, 0.717) is 16.4 Å². The molecule has 1 unspecified atom stereocenters. The van der Waals surface area contributed by atoms with Crippen molar-refractivity contribution in [2.24, 2.45) is 0 Å². The van der Waals surface area contributed by atoms with Crippen molar-refractivity contribution in [3.8, 4) is 0 Å². The van der Waals surface area contributed by atoms with Gasteiger partial charge in [-0.1, -0.05) is 11.6 Å². The fourth-order valence-electron chi connectivity index (χ4n) is 2.59. The molecule has 1 amide bonds. The topological polar surface area (TPSA) is 57.3 Å². The van der Waals surface area contributed by atoms with Crippen LogP contribution in [0.3, 0.4) is 0 Å². The lowest BCUT2D eigenvalue weighted by atomic mass is 10.2. The number of rotatable bonds is 6. The van der Waals surface area contributed by atoms with Crippen LogP contribution in [0.25, 0.3) is 0 Å². The average Bonchev–Trinajstić information content (AvgIpc) is 2.93. The monoisotopic (exact) mass is 310 g/mol. The van der Waals surface area contributed by atoms with Crippen molar-refractivity contribution in [3.05, 3.63) is 22.8 Å². The molecule has 5 nitrogen and oxygen atoms in total. The van der Waals surface area contributed by atoms with Gasteiger partial charge in [0.2, 0.25) is 0 Å². The number of carbonyl (C=O) groups is 1. The smallest absolute Gasteiger partial charge is 0.253 e. The highest BCUT2D eigenvalue weighted by atomic mass is 35.5. The van der Waals surface area contributed by atoms with Crippen LogP contribution < -0.4 is 10.6 Å². The molecule has 1 saturated heterocycles. The van der Waals surface area contributed by atoms with E-state index in [1.54, 1.807) is 6.07 Å². The van der Waals surface area contributed by atoms with Crippen molar-refractivity contribution in [2.75, 3.05) is 31.5 Å². The Morgan fingerprint density at radius 3 is 2.86 bits per heavy atom. The largest absolute Gasteiger partial charge is 0.370 e. The lowest BCUT2D eigenvalue weighted by Gasteiger charge is -2.21. The first-order valence-corrected chi connectivity index (χ1v) is 7.90. The molecule has 2 rings (SSSR count). The molecular weight excluding hydrogens is 288 g/mol. The molecule has 1 aromatic heterocycles. The number of nitrogens with one attached hydrogen (secondary N) is 2. The summed E-state index contributed by atoms with van der Waals surface area (Å²) in [5, 5.41) is 6.47. The highest BCUT2D eigenvalue weighted by Gasteiger charge is 2.18. The first-order chi connectivity index (χ1) is 10.1. The predicted molar refractivity (Wildman–Crippen MR) is 86.0 cm³/mol. The summed E-state index contributed by atoms with van der Waals surface area (Å²) >= 11 is 6.08. The summed E-state index contributed by atoms with van der Waals surface area (Å²) in [6.45, 7) is 7.89. The highest BCUT2D eigenvalue weighted by molar-refractivity contribution is 6.33. The van der Waals surface area contributed by atoms with Crippen LogP contribution in [-0.4, -0.2) is 48.0 Å². The quantitative estimate of drug-likeness (QED) is 0.847. The van der Waals surface area contributed by atoms with Gasteiger partial charge in [-0.2, -0.15) is 0 Å². The maximum absolute atomic E-state index is 12.3. The molecule has 6 heteroatoms. The number of pyridine rings is 1. The van der Waals surface area contributed by atoms with Crippen LogP contribution in [-0.2, 0) is 0 Å². The van der Waals surface area contributed by atoms with Crippen molar-refractivity contribution < 1.29 is 4.79 Å². The number of carbonyl (C=O) groups excluding carboxylic acids is 1. The third kappa shape index (κ3) is 4.58. The Morgan fingerprint density at radius 2 is 2.19 bits per heavy atom. The number of aromatic nitrogens is 1. The van der Waals surface area contributed by atoms with Crippen LogP contribution in [0.15, 0.2) is 12.3 Å². The van der Waals surface area contributed by atoms with E-state index in [9.17, 15) is 4.79 Å². The number of nitrogens with zero attached hydrogens (tertiary/aromatic N) is 2. The Kier molecular flexibility index (Phi) is 5.82. The molecule has 0 saturated carbocycles. The van der Waals surface area contributed by atoms with Gasteiger partial charge in [-0.05, 0) is 45.8 Å². The van der Waals surface area contributed by atoms with Gasteiger partial charge in [-0.15, -0.1) is 0 Å². The maximum atomic E-state index is 12.3. The second kappa shape index (κ2) is 7.61. The number of hydrogen-bond acceptors (Lipinski definition) is 4. The van der Waals surface area contributed by atoms with Gasteiger partial charge >= 0.3 is 0 Å². The van der Waals surface area contributed by atoms with Gasteiger partial charge in [-0.3, -0.25) is 4.79 Å². The van der Waals surface area contributed by atoms with Gasteiger partial charge in [0.05, 0.1) is 10.6 Å².